The second-order valence-electron chi connectivity index (χ2n) is 5.14. The number of benzene rings is 1. The Hall–Kier alpha value is -2.80. The quantitative estimate of drug-likeness (QED) is 0.407. The summed E-state index contributed by atoms with van der Waals surface area (Å²) in [6.07, 6.45) is 4.82. The van der Waals surface area contributed by atoms with Crippen molar-refractivity contribution < 1.29 is 19.1 Å². The molecule has 3 aromatic rings. The van der Waals surface area contributed by atoms with Gasteiger partial charge >= 0.3 is 11.9 Å². The lowest BCUT2D eigenvalue weighted by Gasteiger charge is -2.08. The average Bonchev–Trinajstić information content (AvgIpc) is 3.04. The summed E-state index contributed by atoms with van der Waals surface area (Å²) in [7, 11) is 2.52. The van der Waals surface area contributed by atoms with Crippen molar-refractivity contribution in [3.8, 4) is 0 Å². The molecular formula is C18H16N2O4S. The van der Waals surface area contributed by atoms with Gasteiger partial charge in [0.15, 0.2) is 0 Å². The van der Waals surface area contributed by atoms with Crippen LogP contribution in [-0.4, -0.2) is 41.8 Å². The molecule has 0 saturated carbocycles. The van der Waals surface area contributed by atoms with E-state index in [1.807, 2.05) is 42.8 Å². The molecule has 0 fully saturated rings. The Balaban J connectivity index is 2.36. The lowest BCUT2D eigenvalue weighted by Crippen LogP contribution is -2.10. The topological polar surface area (TPSA) is 69.9 Å². The van der Waals surface area contributed by atoms with Crippen molar-refractivity contribution in [3.63, 3.8) is 0 Å². The van der Waals surface area contributed by atoms with Crippen LogP contribution >= 0.6 is 11.8 Å². The molecule has 0 bridgehead atoms. The molecule has 7 heteroatoms. The van der Waals surface area contributed by atoms with Gasteiger partial charge in [0, 0.05) is 17.7 Å². The Bertz CT molecular complexity index is 1010. The summed E-state index contributed by atoms with van der Waals surface area (Å²) < 4.78 is 11.3. The maximum atomic E-state index is 12.3. The number of hydrogen-bond acceptors (Lipinski definition) is 6. The molecule has 0 spiro atoms. The predicted molar refractivity (Wildman–Crippen MR) is 96.5 cm³/mol. The first-order valence-electron chi connectivity index (χ1n) is 7.42. The molecule has 1 aromatic carbocycles. The molecule has 0 saturated heterocycles. The molecule has 0 atom stereocenters. The van der Waals surface area contributed by atoms with Crippen LogP contribution in [0.1, 0.15) is 5.69 Å². The fourth-order valence-electron chi connectivity index (χ4n) is 2.65. The summed E-state index contributed by atoms with van der Waals surface area (Å²) >= 11 is 1.39. The number of thioether (sulfide) groups is 1. The highest BCUT2D eigenvalue weighted by Crippen LogP contribution is 2.31. The Kier molecular flexibility index (Phi) is 4.76. The third-order valence-electron chi connectivity index (χ3n) is 3.80. The molecule has 3 rings (SSSR count). The Morgan fingerprint density at radius 3 is 2.60 bits per heavy atom. The van der Waals surface area contributed by atoms with Crippen LogP contribution in [0.5, 0.6) is 0 Å². The van der Waals surface area contributed by atoms with E-state index in [0.717, 1.165) is 16.8 Å². The summed E-state index contributed by atoms with van der Waals surface area (Å²) in [5, 5.41) is 2.61. The largest absolute Gasteiger partial charge is 0.466 e. The van der Waals surface area contributed by atoms with Crippen LogP contribution < -0.4 is 0 Å². The summed E-state index contributed by atoms with van der Waals surface area (Å²) in [6, 6.07) is 9.78. The van der Waals surface area contributed by atoms with Crippen LogP contribution in [0, 0.1) is 0 Å². The highest BCUT2D eigenvalue weighted by atomic mass is 32.2. The minimum absolute atomic E-state index is 0.0986. The highest BCUT2D eigenvalue weighted by Gasteiger charge is 2.24. The van der Waals surface area contributed by atoms with Gasteiger partial charge in [0.1, 0.15) is 10.7 Å². The van der Waals surface area contributed by atoms with E-state index in [1.165, 1.54) is 26.0 Å². The van der Waals surface area contributed by atoms with E-state index in [4.69, 9.17) is 4.74 Å². The van der Waals surface area contributed by atoms with Crippen molar-refractivity contribution in [3.05, 3.63) is 48.3 Å². The SMILES string of the molecule is COC(=O)/C=C(\C(=O)OC)c1c(SC)nc2c3ccccc3ccn12. The molecule has 2 aromatic heterocycles. The number of carbonyl (C=O) groups excluding carboxylic acids is 2. The fourth-order valence-corrected chi connectivity index (χ4v) is 3.23. The number of nitrogens with zero attached hydrogens (tertiary/aromatic N) is 2. The first-order chi connectivity index (χ1) is 12.1. The summed E-state index contributed by atoms with van der Waals surface area (Å²) in [5.41, 5.74) is 1.31. The third kappa shape index (κ3) is 2.98. The Labute approximate surface area is 148 Å². The number of esters is 2. The van der Waals surface area contributed by atoms with Gasteiger partial charge in [-0.25, -0.2) is 14.6 Å². The third-order valence-corrected chi connectivity index (χ3v) is 4.47. The summed E-state index contributed by atoms with van der Waals surface area (Å²) in [6.45, 7) is 0. The van der Waals surface area contributed by atoms with E-state index in [0.29, 0.717) is 16.4 Å². The van der Waals surface area contributed by atoms with Crippen molar-refractivity contribution in [1.82, 2.24) is 9.38 Å². The second-order valence-corrected chi connectivity index (χ2v) is 5.93. The normalized spacial score (nSPS) is 11.7. The number of rotatable bonds is 4. The van der Waals surface area contributed by atoms with Crippen LogP contribution in [0.25, 0.3) is 22.0 Å². The molecule has 0 unspecified atom stereocenters. The zero-order valence-corrected chi connectivity index (χ0v) is 14.8. The van der Waals surface area contributed by atoms with Gasteiger partial charge in [0.2, 0.25) is 0 Å². The molecule has 0 aliphatic carbocycles. The second kappa shape index (κ2) is 6.98. The lowest BCUT2D eigenvalue weighted by atomic mass is 10.1. The van der Waals surface area contributed by atoms with Gasteiger partial charge in [0.05, 0.1) is 25.5 Å². The van der Waals surface area contributed by atoms with Crippen molar-refractivity contribution in [1.29, 1.82) is 0 Å². The fraction of sp³-hybridized carbons (Fsp3) is 0.167. The monoisotopic (exact) mass is 356 g/mol. The van der Waals surface area contributed by atoms with Crippen molar-refractivity contribution >= 4 is 45.7 Å². The number of carbonyl (C=O) groups is 2. The summed E-state index contributed by atoms with van der Waals surface area (Å²) in [4.78, 5) is 28.7. The zero-order chi connectivity index (χ0) is 18.0. The van der Waals surface area contributed by atoms with Gasteiger partial charge in [0.25, 0.3) is 0 Å². The average molecular weight is 356 g/mol. The maximum absolute atomic E-state index is 12.3. The van der Waals surface area contributed by atoms with Crippen molar-refractivity contribution in [2.45, 2.75) is 5.03 Å². The van der Waals surface area contributed by atoms with Gasteiger partial charge in [-0.3, -0.25) is 4.40 Å². The van der Waals surface area contributed by atoms with Gasteiger partial charge in [-0.1, -0.05) is 24.3 Å². The van der Waals surface area contributed by atoms with Gasteiger partial charge in [-0.05, 0) is 17.7 Å². The predicted octanol–water partition coefficient (Wildman–Crippen LogP) is 2.94. The van der Waals surface area contributed by atoms with Crippen LogP contribution in [0.3, 0.4) is 0 Å². The zero-order valence-electron chi connectivity index (χ0n) is 14.0. The molecule has 0 aliphatic rings. The van der Waals surface area contributed by atoms with Crippen LogP contribution in [-0.2, 0) is 19.1 Å². The van der Waals surface area contributed by atoms with E-state index >= 15 is 0 Å². The molecule has 0 N–H and O–H groups in total. The van der Waals surface area contributed by atoms with E-state index in [2.05, 4.69) is 9.72 Å². The molecule has 2 heterocycles. The Morgan fingerprint density at radius 2 is 1.92 bits per heavy atom. The maximum Gasteiger partial charge on any atom is 0.340 e. The number of hydrogen-bond donors (Lipinski definition) is 0. The number of pyridine rings is 1. The number of ether oxygens (including phenoxy) is 2. The van der Waals surface area contributed by atoms with E-state index in [9.17, 15) is 9.59 Å². The smallest absolute Gasteiger partial charge is 0.340 e. The van der Waals surface area contributed by atoms with E-state index < -0.39 is 11.9 Å². The van der Waals surface area contributed by atoms with E-state index in [1.54, 1.807) is 4.40 Å². The van der Waals surface area contributed by atoms with Crippen LogP contribution in [0.15, 0.2) is 47.6 Å². The lowest BCUT2D eigenvalue weighted by molar-refractivity contribution is -0.136. The first-order valence-corrected chi connectivity index (χ1v) is 8.65. The van der Waals surface area contributed by atoms with Crippen molar-refractivity contribution in [2.24, 2.45) is 0 Å². The van der Waals surface area contributed by atoms with Gasteiger partial charge in [-0.15, -0.1) is 11.8 Å². The molecule has 0 aliphatic heterocycles. The standard InChI is InChI=1S/C18H16N2O4S/c1-23-14(21)10-13(18(22)24-2)15-17(25-3)19-16-12-7-5-4-6-11(12)8-9-20(15)16/h4-10H,1-3H3/b13-10-. The minimum Gasteiger partial charge on any atom is -0.466 e. The number of methoxy groups -OCH3 is 2. The van der Waals surface area contributed by atoms with E-state index in [-0.39, 0.29) is 5.57 Å². The van der Waals surface area contributed by atoms with Gasteiger partial charge in [-0.2, -0.15) is 0 Å². The molecular weight excluding hydrogens is 340 g/mol. The highest BCUT2D eigenvalue weighted by molar-refractivity contribution is 7.98. The number of aromatic nitrogens is 2. The summed E-state index contributed by atoms with van der Waals surface area (Å²) in [5.74, 6) is -1.26. The first kappa shape index (κ1) is 17.0. The minimum atomic E-state index is -0.636. The van der Waals surface area contributed by atoms with Crippen LogP contribution in [0.4, 0.5) is 0 Å². The molecule has 6 nitrogen and oxygen atoms in total. The number of fused-ring (bicyclic) bond motifs is 3. The molecule has 0 amide bonds. The molecule has 25 heavy (non-hydrogen) atoms. The molecule has 128 valence electrons. The number of imidazole rings is 1. The Morgan fingerprint density at radius 1 is 1.16 bits per heavy atom. The van der Waals surface area contributed by atoms with Crippen LogP contribution in [0.2, 0.25) is 0 Å². The molecule has 0 radical (unpaired) electrons. The van der Waals surface area contributed by atoms with Gasteiger partial charge < -0.3 is 9.47 Å². The van der Waals surface area contributed by atoms with Crippen molar-refractivity contribution in [2.75, 3.05) is 20.5 Å².